The summed E-state index contributed by atoms with van der Waals surface area (Å²) in [5.41, 5.74) is 10.1. The van der Waals surface area contributed by atoms with Gasteiger partial charge in [-0.1, -0.05) is 69.5 Å². The van der Waals surface area contributed by atoms with Gasteiger partial charge in [0.2, 0.25) is 0 Å². The molecule has 2 unspecified atom stereocenters. The molecule has 0 heteroatoms. The Bertz CT molecular complexity index is 787. The van der Waals surface area contributed by atoms with Gasteiger partial charge in [0.1, 0.15) is 0 Å². The second-order valence-corrected chi connectivity index (χ2v) is 11.2. The Morgan fingerprint density at radius 1 is 1.17 bits per heavy atom. The number of fused-ring (bicyclic) bond motifs is 3. The maximum atomic E-state index is 4.52. The third kappa shape index (κ3) is 4.73. The molecule has 1 aromatic rings. The summed E-state index contributed by atoms with van der Waals surface area (Å²) < 4.78 is 0. The first-order chi connectivity index (χ1) is 13.9. The van der Waals surface area contributed by atoms with Crippen molar-refractivity contribution in [3.63, 3.8) is 0 Å². The van der Waals surface area contributed by atoms with Crippen molar-refractivity contribution in [2.75, 3.05) is 0 Å². The number of benzene rings is 1. The fourth-order valence-corrected chi connectivity index (χ4v) is 6.27. The van der Waals surface area contributed by atoms with E-state index in [0.717, 1.165) is 18.3 Å². The van der Waals surface area contributed by atoms with Crippen LogP contribution in [0.5, 0.6) is 0 Å². The first-order valence-corrected chi connectivity index (χ1v) is 12.3. The average Bonchev–Trinajstić information content (AvgIpc) is 3.44. The molecule has 1 fully saturated rings. The second kappa shape index (κ2) is 8.44. The molecule has 0 aliphatic heterocycles. The van der Waals surface area contributed by atoms with E-state index in [4.69, 9.17) is 0 Å². The first kappa shape index (κ1) is 21.0. The van der Waals surface area contributed by atoms with Crippen LogP contribution in [-0.2, 0) is 19.3 Å². The van der Waals surface area contributed by atoms with Crippen LogP contribution in [0.4, 0.5) is 0 Å². The van der Waals surface area contributed by atoms with Gasteiger partial charge in [0.15, 0.2) is 0 Å². The summed E-state index contributed by atoms with van der Waals surface area (Å²) in [4.78, 5) is 0. The number of aryl methyl sites for hydroxylation is 1. The van der Waals surface area contributed by atoms with Crippen LogP contribution in [-0.4, -0.2) is 0 Å². The van der Waals surface area contributed by atoms with Gasteiger partial charge in [0.05, 0.1) is 0 Å². The minimum Gasteiger partial charge on any atom is -0.0995 e. The molecule has 1 saturated carbocycles. The molecule has 4 rings (SSSR count). The van der Waals surface area contributed by atoms with E-state index in [0.29, 0.717) is 11.3 Å². The molecule has 0 spiro atoms. The Morgan fingerprint density at radius 3 is 2.69 bits per heavy atom. The lowest BCUT2D eigenvalue weighted by molar-refractivity contribution is 0.151. The van der Waals surface area contributed by atoms with Crippen LogP contribution in [0.2, 0.25) is 0 Å². The number of hydrogen-bond acceptors (Lipinski definition) is 0. The van der Waals surface area contributed by atoms with E-state index in [9.17, 15) is 0 Å². The molecule has 29 heavy (non-hydrogen) atoms. The number of unbranched alkanes of at least 4 members (excludes halogenated alkanes) is 2. The van der Waals surface area contributed by atoms with Crippen molar-refractivity contribution in [3.8, 4) is 0 Å². The third-order valence-electron chi connectivity index (χ3n) is 7.96. The highest BCUT2D eigenvalue weighted by atomic mass is 14.5. The third-order valence-corrected chi connectivity index (χ3v) is 7.96. The molecule has 0 saturated heterocycles. The van der Waals surface area contributed by atoms with Gasteiger partial charge in [0.25, 0.3) is 0 Å². The first-order valence-electron chi connectivity index (χ1n) is 12.3. The molecule has 158 valence electrons. The molecule has 2 atom stereocenters. The second-order valence-electron chi connectivity index (χ2n) is 11.2. The lowest BCUT2D eigenvalue weighted by Gasteiger charge is -2.48. The van der Waals surface area contributed by atoms with Crippen LogP contribution in [0.1, 0.15) is 107 Å². The maximum absolute atomic E-state index is 4.52. The van der Waals surface area contributed by atoms with Crippen LogP contribution in [0.25, 0.3) is 0 Å². The fraction of sp³-hybridized carbons (Fsp3) is 0.655. The number of allylic oxidation sites excluding steroid dienone is 3. The summed E-state index contributed by atoms with van der Waals surface area (Å²) in [5, 5.41) is 0. The van der Waals surface area contributed by atoms with Crippen molar-refractivity contribution in [1.29, 1.82) is 0 Å². The SMILES string of the molecule is C=C(Cc1cc(CCCCC)cc2c1C1CC(C)=CCC1C(C)(C)C2)CC1CC1. The summed E-state index contributed by atoms with van der Waals surface area (Å²) in [7, 11) is 0. The van der Waals surface area contributed by atoms with Crippen molar-refractivity contribution in [1.82, 2.24) is 0 Å². The lowest BCUT2D eigenvalue weighted by atomic mass is 9.56. The highest BCUT2D eigenvalue weighted by Crippen LogP contribution is 2.54. The molecule has 0 aromatic heterocycles. The number of hydrogen-bond donors (Lipinski definition) is 0. The highest BCUT2D eigenvalue weighted by molar-refractivity contribution is 5.47. The molecule has 0 radical (unpaired) electrons. The predicted molar refractivity (Wildman–Crippen MR) is 127 cm³/mol. The lowest BCUT2D eigenvalue weighted by Crippen LogP contribution is -2.38. The van der Waals surface area contributed by atoms with Crippen molar-refractivity contribution in [2.45, 2.75) is 104 Å². The van der Waals surface area contributed by atoms with Crippen molar-refractivity contribution in [3.05, 3.63) is 58.2 Å². The van der Waals surface area contributed by atoms with Gasteiger partial charge in [-0.05, 0) is 110 Å². The zero-order chi connectivity index (χ0) is 20.6. The Balaban J connectivity index is 1.70. The summed E-state index contributed by atoms with van der Waals surface area (Å²) in [5.74, 6) is 2.45. The molecule has 0 N–H and O–H groups in total. The van der Waals surface area contributed by atoms with E-state index >= 15 is 0 Å². The molecular weight excluding hydrogens is 348 g/mol. The molecule has 0 amide bonds. The molecule has 0 heterocycles. The van der Waals surface area contributed by atoms with Gasteiger partial charge in [0, 0.05) is 0 Å². The fourth-order valence-electron chi connectivity index (χ4n) is 6.27. The van der Waals surface area contributed by atoms with E-state index in [2.05, 4.69) is 52.5 Å². The van der Waals surface area contributed by atoms with Crippen LogP contribution in [0.15, 0.2) is 35.9 Å². The minimum atomic E-state index is 0.402. The molecule has 1 aromatic carbocycles. The van der Waals surface area contributed by atoms with E-state index in [1.54, 1.807) is 27.8 Å². The summed E-state index contributed by atoms with van der Waals surface area (Å²) in [6.45, 7) is 14.2. The topological polar surface area (TPSA) is 0 Å². The molecule has 0 bridgehead atoms. The normalized spacial score (nSPS) is 25.2. The summed E-state index contributed by atoms with van der Waals surface area (Å²) in [6, 6.07) is 5.19. The minimum absolute atomic E-state index is 0.402. The van der Waals surface area contributed by atoms with Crippen LogP contribution >= 0.6 is 0 Å². The van der Waals surface area contributed by atoms with E-state index < -0.39 is 0 Å². The quantitative estimate of drug-likeness (QED) is 0.309. The van der Waals surface area contributed by atoms with Gasteiger partial charge in [-0.25, -0.2) is 0 Å². The van der Waals surface area contributed by atoms with Crippen LogP contribution in [0, 0.1) is 17.3 Å². The van der Waals surface area contributed by atoms with E-state index in [1.807, 2.05) is 0 Å². The maximum Gasteiger partial charge on any atom is -0.00667 e. The Hall–Kier alpha value is -1.30. The van der Waals surface area contributed by atoms with Gasteiger partial charge >= 0.3 is 0 Å². The zero-order valence-electron chi connectivity index (χ0n) is 19.4. The summed E-state index contributed by atoms with van der Waals surface area (Å²) in [6.07, 6.45) is 16.8. The Morgan fingerprint density at radius 2 is 1.97 bits per heavy atom. The molecule has 3 aliphatic carbocycles. The monoisotopic (exact) mass is 390 g/mol. The van der Waals surface area contributed by atoms with Gasteiger partial charge in [-0.2, -0.15) is 0 Å². The standard InChI is InChI=1S/C29H42/c1-6-7-8-9-23-17-24(15-21(3)14-22-11-12-22)28-25(18-23)19-29(4,5)27-13-10-20(2)16-26(27)28/h10,17-18,22,26-27H,3,6-9,11-16,19H2,1-2,4-5H3. The molecule has 0 nitrogen and oxygen atoms in total. The summed E-state index contributed by atoms with van der Waals surface area (Å²) >= 11 is 0. The van der Waals surface area contributed by atoms with Crippen molar-refractivity contribution in [2.24, 2.45) is 17.3 Å². The van der Waals surface area contributed by atoms with Crippen LogP contribution in [0.3, 0.4) is 0 Å². The van der Waals surface area contributed by atoms with E-state index in [1.165, 1.54) is 69.8 Å². The van der Waals surface area contributed by atoms with Gasteiger partial charge in [-0.3, -0.25) is 0 Å². The molecular formula is C29H42. The highest BCUT2D eigenvalue weighted by Gasteiger charge is 2.43. The Kier molecular flexibility index (Phi) is 6.10. The predicted octanol–water partition coefficient (Wildman–Crippen LogP) is 8.34. The number of rotatable bonds is 8. The van der Waals surface area contributed by atoms with Gasteiger partial charge in [-0.15, -0.1) is 0 Å². The van der Waals surface area contributed by atoms with E-state index in [-0.39, 0.29) is 0 Å². The largest absolute Gasteiger partial charge is 0.0995 e. The Labute approximate surface area is 179 Å². The van der Waals surface area contributed by atoms with Crippen molar-refractivity contribution >= 4 is 0 Å². The van der Waals surface area contributed by atoms with Crippen LogP contribution < -0.4 is 0 Å². The van der Waals surface area contributed by atoms with Gasteiger partial charge < -0.3 is 0 Å². The van der Waals surface area contributed by atoms with Crippen molar-refractivity contribution < 1.29 is 0 Å². The smallest absolute Gasteiger partial charge is 0.00667 e. The molecule has 3 aliphatic rings. The zero-order valence-corrected chi connectivity index (χ0v) is 19.4. The average molecular weight is 391 g/mol.